The maximum atomic E-state index is 13.1. The van der Waals surface area contributed by atoms with Crippen LogP contribution in [0, 0.1) is 5.92 Å². The molecule has 0 spiro atoms. The molecule has 126 heavy (non-hydrogen) atoms. The minimum absolute atomic E-state index is 0.258. The predicted molar refractivity (Wildman–Crippen MR) is 393 cm³/mol. The van der Waals surface area contributed by atoms with E-state index < -0.39 is 402 Å². The Balaban J connectivity index is 0.949. The highest BCUT2D eigenvalue weighted by Crippen LogP contribution is 2.41. The zero-order chi connectivity index (χ0) is 92.8. The third-order valence-electron chi connectivity index (χ3n) is 23.7. The van der Waals surface area contributed by atoms with Crippen LogP contribution in [0.3, 0.4) is 0 Å². The molecule has 0 saturated carbocycles. The average Bonchev–Trinajstić information content (AvgIpc) is 0.765. The van der Waals surface area contributed by atoms with Gasteiger partial charge in [0.25, 0.3) is 0 Å². The Morgan fingerprint density at radius 1 is 0.302 bits per heavy atom. The first-order valence-electron chi connectivity index (χ1n) is 40.9. The summed E-state index contributed by atoms with van der Waals surface area (Å²) >= 11 is 0. The summed E-state index contributed by atoms with van der Waals surface area (Å²) in [4.78, 5) is 51.5. The van der Waals surface area contributed by atoms with E-state index in [2.05, 4.69) is 21.3 Å². The molecule has 0 aliphatic carbocycles. The molecule has 54 heteroatoms. The van der Waals surface area contributed by atoms with Crippen LogP contribution in [0.25, 0.3) is 0 Å². The van der Waals surface area contributed by atoms with Crippen LogP contribution in [0.1, 0.15) is 48.0 Å². The average molecular weight is 1840 g/mol. The van der Waals surface area contributed by atoms with E-state index in [0.29, 0.717) is 0 Å². The Bertz CT molecular complexity index is 3390. The number of rotatable bonds is 34. The van der Waals surface area contributed by atoms with E-state index in [1.54, 1.807) is 0 Å². The van der Waals surface area contributed by atoms with Gasteiger partial charge in [-0.15, -0.1) is 0 Å². The molecular formula is C72H122N4O50. The molecule has 0 aromatic heterocycles. The zero-order valence-electron chi connectivity index (χ0n) is 68.7. The summed E-state index contributed by atoms with van der Waals surface area (Å²) in [6.45, 7) is -3.61. The van der Waals surface area contributed by atoms with E-state index >= 15 is 0 Å². The SMILES string of the molecule is CC(=O)NC1C(O)[C@H](O[C@@H]2OC(CO[C@@H]3C[C@@H](O)[C@@H](C)C([C@H](O)C(O)CO)O3)[C@H](O)[C@H](O)C2O)[C@H](CO)O[C@H]1OC1[C@@H](OCC2O[C@@H](O[C@@H]3C(CO)O[C@@H](O[C@@H]4C(CO)O[C@@H](C)C(NC(C)=O)[C@H]4O)C(NC(C)=O)[C@H]3O)C(O)[C@@H](O[C@H]3OC(CO)[C@@H](O)C(O)C3O[C@@H]3OC(CO)[C@@H](O[C@@H]4OC(CO)[C@H](O)[C@H](O)C4O)[C@H](O)C3NC(C)=O)[C@@H]2O)OC(CO)[C@@H](O)[C@@H]1O. The van der Waals surface area contributed by atoms with Crippen molar-refractivity contribution < 1.29 is 247 Å². The molecule has 0 aromatic rings. The number of aliphatic hydroxyl groups excluding tert-OH is 27. The summed E-state index contributed by atoms with van der Waals surface area (Å²) in [6, 6.07) is -7.05. The maximum absolute atomic E-state index is 13.1. The number of hydrogen-bond donors (Lipinski definition) is 31. The molecule has 51 atom stereocenters. The lowest BCUT2D eigenvalue weighted by molar-refractivity contribution is -0.398. The van der Waals surface area contributed by atoms with E-state index in [0.717, 1.165) is 27.7 Å². The van der Waals surface area contributed by atoms with Gasteiger partial charge in [0.1, 0.15) is 226 Å². The first kappa shape index (κ1) is 104. The molecule has 10 rings (SSSR count). The number of carbonyl (C=O) groups is 4. The van der Waals surface area contributed by atoms with E-state index in [1.165, 1.54) is 13.8 Å². The molecular weight excluding hydrogens is 1720 g/mol. The normalized spacial score (nSPS) is 48.4. The molecule has 10 aliphatic heterocycles. The summed E-state index contributed by atoms with van der Waals surface area (Å²) in [7, 11) is 0. The smallest absolute Gasteiger partial charge is 0.217 e. The number of hydrogen-bond acceptors (Lipinski definition) is 50. The second kappa shape index (κ2) is 45.8. The fraction of sp³-hybridized carbons (Fsp3) is 0.944. The van der Waals surface area contributed by atoms with Gasteiger partial charge in [-0.3, -0.25) is 19.2 Å². The molecule has 10 fully saturated rings. The highest BCUT2D eigenvalue weighted by Gasteiger charge is 2.62. The molecule has 10 saturated heterocycles. The molecule has 0 bridgehead atoms. The Kier molecular flexibility index (Phi) is 37.9. The summed E-state index contributed by atoms with van der Waals surface area (Å²) in [5.74, 6) is -4.31. The maximum Gasteiger partial charge on any atom is 0.217 e. The lowest BCUT2D eigenvalue weighted by atomic mass is 9.87. The standard InChI is InChI=1S/C72H122N4O50/c1-18-24(89)7-35(119-57(18)40(91)25(90)8-77)108-16-33-44(95)51(102)55(106)69(117-33)122-60-31(14-83)115-66(38(48(60)99)75-22(5)87)125-63-52(103)42(93)27(10-79)112-71(63)109-17-34-45(96)62(56(107)70(118-34)123-61-32(15-84)114-65(37(47(61)98)74-21(4)86)120-58-29(12-81)110-19(2)36(46(58)97)73-20(3)85)124-72-64(53(104)43(94)28(11-80)113-72)126-67-39(76-23(6)88)49(100)59(30(13-82)116-67)121-68-54(105)50(101)41(92)26(9-78)111-68/h18-19,24-72,77-84,89-107H,7-17H2,1-6H3,(H,73,85)(H,74,86)(H,75,87)(H,76,88)/t18-,19+,24-,25?,26?,27?,28?,29?,30?,31+,32?,33?,34?,35+,36?,37?,38?,39?,40-,41+,42-,43-,44+,45-,46-,47-,48?,49-,50+,51+,52+,53?,54?,55?,56?,57?,58-,59-,60-,61-,62+,63?,64?,65+,66+,67+,68+,69+,70+,71+,72-/m1/s1. The molecule has 0 radical (unpaired) electrons. The minimum Gasteiger partial charge on any atom is -0.394 e. The molecule has 730 valence electrons. The van der Waals surface area contributed by atoms with Crippen molar-refractivity contribution in [1.82, 2.24) is 21.3 Å². The van der Waals surface area contributed by atoms with Gasteiger partial charge in [-0.1, -0.05) is 6.92 Å². The van der Waals surface area contributed by atoms with Crippen LogP contribution >= 0.6 is 0 Å². The molecule has 10 heterocycles. The number of aliphatic hydroxyl groups is 27. The summed E-state index contributed by atoms with van der Waals surface area (Å²) < 4.78 is 114. The van der Waals surface area contributed by atoms with Gasteiger partial charge >= 0.3 is 0 Å². The minimum atomic E-state index is -2.58. The quantitative estimate of drug-likeness (QED) is 0.0284. The highest BCUT2D eigenvalue weighted by molar-refractivity contribution is 5.74. The van der Waals surface area contributed by atoms with Crippen LogP contribution in [-0.4, -0.2) is 534 Å². The lowest BCUT2D eigenvalue weighted by Crippen LogP contribution is -2.71. The van der Waals surface area contributed by atoms with Crippen LogP contribution in [-0.2, 0) is 109 Å². The van der Waals surface area contributed by atoms with Crippen molar-refractivity contribution in [3.8, 4) is 0 Å². The first-order chi connectivity index (χ1) is 59.6. The van der Waals surface area contributed by atoms with Crippen molar-refractivity contribution in [1.29, 1.82) is 0 Å². The molecule has 31 N–H and O–H groups in total. The van der Waals surface area contributed by atoms with Crippen LogP contribution in [0.5, 0.6) is 0 Å². The van der Waals surface area contributed by atoms with Crippen molar-refractivity contribution >= 4 is 23.6 Å². The largest absolute Gasteiger partial charge is 0.394 e. The van der Waals surface area contributed by atoms with Crippen molar-refractivity contribution in [2.45, 2.75) is 355 Å². The van der Waals surface area contributed by atoms with Crippen molar-refractivity contribution in [2.24, 2.45) is 5.92 Å². The summed E-state index contributed by atoms with van der Waals surface area (Å²) in [5.41, 5.74) is 0. The number of nitrogens with one attached hydrogen (secondary N) is 4. The highest BCUT2D eigenvalue weighted by atomic mass is 16.8. The fourth-order valence-electron chi connectivity index (χ4n) is 16.7. The van der Waals surface area contributed by atoms with E-state index in [-0.39, 0.29) is 6.42 Å². The lowest BCUT2D eigenvalue weighted by Gasteiger charge is -2.51. The molecule has 21 unspecified atom stereocenters. The van der Waals surface area contributed by atoms with Gasteiger partial charge in [0.2, 0.25) is 23.6 Å². The Morgan fingerprint density at radius 2 is 0.603 bits per heavy atom. The van der Waals surface area contributed by atoms with Crippen LogP contribution < -0.4 is 21.3 Å². The van der Waals surface area contributed by atoms with Gasteiger partial charge in [-0.25, -0.2) is 0 Å². The van der Waals surface area contributed by atoms with Crippen molar-refractivity contribution in [2.75, 3.05) is 66.1 Å². The van der Waals surface area contributed by atoms with Gasteiger partial charge in [-0.2, -0.15) is 0 Å². The van der Waals surface area contributed by atoms with Crippen molar-refractivity contribution in [3.63, 3.8) is 0 Å². The topological polar surface area (TPSA) is 838 Å². The van der Waals surface area contributed by atoms with Gasteiger partial charge in [-0.05, 0) is 6.92 Å². The second-order valence-corrected chi connectivity index (χ2v) is 32.6. The Labute approximate surface area is 716 Å². The van der Waals surface area contributed by atoms with Crippen LogP contribution in [0.2, 0.25) is 0 Å². The van der Waals surface area contributed by atoms with Gasteiger partial charge in [0.15, 0.2) is 56.6 Å². The second-order valence-electron chi connectivity index (χ2n) is 32.6. The Morgan fingerprint density at radius 3 is 1.01 bits per heavy atom. The fourth-order valence-corrected chi connectivity index (χ4v) is 16.7. The first-order valence-corrected chi connectivity index (χ1v) is 40.9. The van der Waals surface area contributed by atoms with E-state index in [4.69, 9.17) is 90.0 Å². The van der Waals surface area contributed by atoms with Gasteiger partial charge in [0, 0.05) is 40.0 Å². The predicted octanol–water partition coefficient (Wildman–Crippen LogP) is -20.1. The van der Waals surface area contributed by atoms with Crippen LogP contribution in [0.4, 0.5) is 0 Å². The third-order valence-corrected chi connectivity index (χ3v) is 23.7. The summed E-state index contributed by atoms with van der Waals surface area (Å²) in [6.07, 6.45) is -92.4. The molecule has 4 amide bonds. The van der Waals surface area contributed by atoms with Gasteiger partial charge < -0.3 is 249 Å². The number of ether oxygens (including phenoxy) is 19. The van der Waals surface area contributed by atoms with Crippen LogP contribution in [0.15, 0.2) is 0 Å². The molecule has 54 nitrogen and oxygen atoms in total. The molecule has 10 aliphatic rings. The van der Waals surface area contributed by atoms with E-state index in [1.807, 2.05) is 0 Å². The Hall–Kier alpha value is -3.96. The number of amides is 4. The van der Waals surface area contributed by atoms with E-state index in [9.17, 15) is 157 Å². The zero-order valence-corrected chi connectivity index (χ0v) is 68.7. The van der Waals surface area contributed by atoms with Crippen molar-refractivity contribution in [3.05, 3.63) is 0 Å². The number of carbonyl (C=O) groups excluding carboxylic acids is 4. The summed E-state index contributed by atoms with van der Waals surface area (Å²) in [5, 5.41) is 311. The third kappa shape index (κ3) is 23.3. The monoisotopic (exact) mass is 1840 g/mol. The van der Waals surface area contributed by atoms with Gasteiger partial charge in [0.05, 0.1) is 90.4 Å². The molecule has 0 aromatic carbocycles.